The van der Waals surface area contributed by atoms with Crippen LogP contribution >= 0.6 is 23.2 Å². The maximum absolute atomic E-state index is 11.8. The molecule has 0 fully saturated rings. The Hall–Kier alpha value is -1.84. The van der Waals surface area contributed by atoms with Crippen LogP contribution in [0.5, 0.6) is 0 Å². The van der Waals surface area contributed by atoms with Crippen molar-refractivity contribution in [3.05, 3.63) is 62.6 Å². The van der Waals surface area contributed by atoms with Gasteiger partial charge < -0.3 is 4.98 Å². The first kappa shape index (κ1) is 13.2. The van der Waals surface area contributed by atoms with Gasteiger partial charge in [-0.15, -0.1) is 0 Å². The minimum atomic E-state index is -0.131. The van der Waals surface area contributed by atoms with Crippen molar-refractivity contribution in [2.45, 2.75) is 6.92 Å². The largest absolute Gasteiger partial charge is 0.310 e. The number of fused-ring (bicyclic) bond motifs is 1. The smallest absolute Gasteiger partial charge is 0.258 e. The zero-order valence-electron chi connectivity index (χ0n) is 10.6. The minimum absolute atomic E-state index is 0.131. The van der Waals surface area contributed by atoms with Crippen LogP contribution in [0, 0.1) is 6.92 Å². The van der Waals surface area contributed by atoms with E-state index in [1.54, 1.807) is 25.1 Å². The predicted molar refractivity (Wildman–Crippen MR) is 82.6 cm³/mol. The highest BCUT2D eigenvalue weighted by Gasteiger charge is 2.06. The molecule has 0 aliphatic heterocycles. The van der Waals surface area contributed by atoms with Gasteiger partial charge >= 0.3 is 0 Å². The third kappa shape index (κ3) is 2.30. The number of nitrogens with one attached hydrogen (secondary N) is 1. The quantitative estimate of drug-likeness (QED) is 0.732. The maximum atomic E-state index is 11.8. The fraction of sp³-hybridized carbons (Fsp3) is 0.0667. The summed E-state index contributed by atoms with van der Waals surface area (Å²) in [6.07, 6.45) is 0. The first-order valence-electron chi connectivity index (χ1n) is 6.01. The summed E-state index contributed by atoms with van der Waals surface area (Å²) < 4.78 is 0. The number of rotatable bonds is 1. The van der Waals surface area contributed by atoms with Crippen LogP contribution < -0.4 is 5.56 Å². The van der Waals surface area contributed by atoms with Crippen LogP contribution in [0.25, 0.3) is 22.0 Å². The molecule has 3 rings (SSSR count). The lowest BCUT2D eigenvalue weighted by atomic mass is 10.0. The summed E-state index contributed by atoms with van der Waals surface area (Å²) in [7, 11) is 0. The summed E-state index contributed by atoms with van der Waals surface area (Å²) in [5.41, 5.74) is 2.40. The van der Waals surface area contributed by atoms with Crippen LogP contribution in [-0.2, 0) is 0 Å². The zero-order chi connectivity index (χ0) is 14.3. The van der Waals surface area contributed by atoms with Gasteiger partial charge in [-0.05, 0) is 42.3 Å². The van der Waals surface area contributed by atoms with Crippen LogP contribution in [0.4, 0.5) is 0 Å². The fourth-order valence-corrected chi connectivity index (χ4v) is 2.41. The van der Waals surface area contributed by atoms with Gasteiger partial charge in [0.15, 0.2) is 0 Å². The predicted octanol–water partition coefficient (Wildman–Crippen LogP) is 4.21. The van der Waals surface area contributed by atoms with Gasteiger partial charge in [-0.2, -0.15) is 0 Å². The van der Waals surface area contributed by atoms with Crippen LogP contribution in [-0.4, -0.2) is 9.97 Å². The van der Waals surface area contributed by atoms with Crippen molar-refractivity contribution in [1.82, 2.24) is 9.97 Å². The van der Waals surface area contributed by atoms with Crippen molar-refractivity contribution < 1.29 is 0 Å². The van der Waals surface area contributed by atoms with Crippen LogP contribution in [0.2, 0.25) is 10.0 Å². The van der Waals surface area contributed by atoms with E-state index in [0.29, 0.717) is 26.8 Å². The Balaban J connectivity index is 2.22. The molecule has 0 bridgehead atoms. The number of nitrogens with zero attached hydrogens (tertiary/aromatic N) is 1. The highest BCUT2D eigenvalue weighted by Crippen LogP contribution is 2.29. The number of aromatic nitrogens is 2. The van der Waals surface area contributed by atoms with E-state index in [1.165, 1.54) is 0 Å². The van der Waals surface area contributed by atoms with Crippen molar-refractivity contribution in [2.24, 2.45) is 0 Å². The molecule has 1 heterocycles. The van der Waals surface area contributed by atoms with Crippen molar-refractivity contribution in [3.63, 3.8) is 0 Å². The average Bonchev–Trinajstić information content (AvgIpc) is 2.41. The molecule has 3 nitrogen and oxygen atoms in total. The Kier molecular flexibility index (Phi) is 3.24. The molecule has 3 aromatic rings. The zero-order valence-corrected chi connectivity index (χ0v) is 12.1. The second kappa shape index (κ2) is 4.93. The van der Waals surface area contributed by atoms with Crippen LogP contribution in [0.15, 0.2) is 41.2 Å². The standard InChI is InChI=1S/C15H10Cl2N2O/c1-8-18-14-7-10(2-4-11(14)15(20)19-8)9-3-5-12(16)13(17)6-9/h2-7H,1H3,(H,18,19,20). The maximum Gasteiger partial charge on any atom is 0.258 e. The summed E-state index contributed by atoms with van der Waals surface area (Å²) in [6, 6.07) is 10.9. The van der Waals surface area contributed by atoms with Gasteiger partial charge in [0.25, 0.3) is 5.56 Å². The molecule has 100 valence electrons. The summed E-state index contributed by atoms with van der Waals surface area (Å²) in [4.78, 5) is 18.8. The Morgan fingerprint density at radius 1 is 1.00 bits per heavy atom. The lowest BCUT2D eigenvalue weighted by molar-refractivity contribution is 1.06. The molecule has 1 N–H and O–H groups in total. The molecular formula is C15H10Cl2N2O. The second-order valence-corrected chi connectivity index (χ2v) is 5.33. The van der Waals surface area contributed by atoms with Crippen molar-refractivity contribution >= 4 is 34.1 Å². The number of aryl methyl sites for hydroxylation is 1. The molecule has 0 aliphatic rings. The van der Waals surface area contributed by atoms with Gasteiger partial charge in [0.05, 0.1) is 20.9 Å². The highest BCUT2D eigenvalue weighted by molar-refractivity contribution is 6.42. The Morgan fingerprint density at radius 2 is 1.70 bits per heavy atom. The molecule has 0 unspecified atom stereocenters. The first-order valence-corrected chi connectivity index (χ1v) is 6.76. The van der Waals surface area contributed by atoms with E-state index < -0.39 is 0 Å². The number of benzene rings is 2. The molecule has 0 amide bonds. The topological polar surface area (TPSA) is 45.8 Å². The molecular weight excluding hydrogens is 295 g/mol. The average molecular weight is 305 g/mol. The third-order valence-electron chi connectivity index (χ3n) is 3.08. The fourth-order valence-electron chi connectivity index (χ4n) is 2.11. The molecule has 0 radical (unpaired) electrons. The van der Waals surface area contributed by atoms with Gasteiger partial charge in [0, 0.05) is 0 Å². The molecule has 1 aromatic heterocycles. The van der Waals surface area contributed by atoms with E-state index in [-0.39, 0.29) is 5.56 Å². The minimum Gasteiger partial charge on any atom is -0.310 e. The molecule has 5 heteroatoms. The lowest BCUT2D eigenvalue weighted by Gasteiger charge is -2.05. The van der Waals surface area contributed by atoms with E-state index >= 15 is 0 Å². The van der Waals surface area contributed by atoms with E-state index in [2.05, 4.69) is 9.97 Å². The summed E-state index contributed by atoms with van der Waals surface area (Å²) >= 11 is 11.9. The number of aromatic amines is 1. The number of hydrogen-bond donors (Lipinski definition) is 1. The number of H-pyrrole nitrogens is 1. The molecule has 0 saturated heterocycles. The molecule has 0 spiro atoms. The van der Waals surface area contributed by atoms with E-state index in [4.69, 9.17) is 23.2 Å². The van der Waals surface area contributed by atoms with Gasteiger partial charge in [0.2, 0.25) is 0 Å². The Morgan fingerprint density at radius 3 is 2.45 bits per heavy atom. The molecule has 0 aliphatic carbocycles. The first-order chi connectivity index (χ1) is 9.54. The second-order valence-electron chi connectivity index (χ2n) is 4.51. The summed E-state index contributed by atoms with van der Waals surface area (Å²) in [5.74, 6) is 0.591. The van der Waals surface area contributed by atoms with Gasteiger partial charge in [-0.25, -0.2) is 4.98 Å². The van der Waals surface area contributed by atoms with Gasteiger partial charge in [-0.3, -0.25) is 4.79 Å². The van der Waals surface area contributed by atoms with E-state index in [9.17, 15) is 4.79 Å². The van der Waals surface area contributed by atoms with Crippen LogP contribution in [0.3, 0.4) is 0 Å². The van der Waals surface area contributed by atoms with Crippen molar-refractivity contribution in [1.29, 1.82) is 0 Å². The van der Waals surface area contributed by atoms with Gasteiger partial charge in [0.1, 0.15) is 5.82 Å². The normalized spacial score (nSPS) is 10.9. The Labute approximate surface area is 125 Å². The third-order valence-corrected chi connectivity index (χ3v) is 3.82. The SMILES string of the molecule is Cc1nc2cc(-c3ccc(Cl)c(Cl)c3)ccc2c(=O)[nH]1. The molecule has 0 saturated carbocycles. The van der Waals surface area contributed by atoms with Crippen molar-refractivity contribution in [2.75, 3.05) is 0 Å². The van der Waals surface area contributed by atoms with Gasteiger partial charge in [-0.1, -0.05) is 35.3 Å². The molecule has 20 heavy (non-hydrogen) atoms. The Bertz CT molecular complexity index is 871. The van der Waals surface area contributed by atoms with E-state index in [0.717, 1.165) is 11.1 Å². The number of hydrogen-bond acceptors (Lipinski definition) is 2. The van der Waals surface area contributed by atoms with E-state index in [1.807, 2.05) is 18.2 Å². The van der Waals surface area contributed by atoms with Crippen molar-refractivity contribution in [3.8, 4) is 11.1 Å². The summed E-state index contributed by atoms with van der Waals surface area (Å²) in [6.45, 7) is 1.76. The summed E-state index contributed by atoms with van der Waals surface area (Å²) in [5, 5.41) is 1.58. The highest BCUT2D eigenvalue weighted by atomic mass is 35.5. The van der Waals surface area contributed by atoms with Crippen LogP contribution in [0.1, 0.15) is 5.82 Å². The molecule has 0 atom stereocenters. The monoisotopic (exact) mass is 304 g/mol. The number of halogens is 2. The molecule has 2 aromatic carbocycles. The lowest BCUT2D eigenvalue weighted by Crippen LogP contribution is -2.09.